The number of benzene rings is 1. The lowest BCUT2D eigenvalue weighted by molar-refractivity contribution is 0.395. The van der Waals surface area contributed by atoms with Gasteiger partial charge in [-0.2, -0.15) is 5.26 Å². The summed E-state index contributed by atoms with van der Waals surface area (Å²) < 4.78 is 10.6. The molecule has 0 saturated carbocycles. The van der Waals surface area contributed by atoms with Crippen LogP contribution in [0.3, 0.4) is 0 Å². The van der Waals surface area contributed by atoms with Crippen molar-refractivity contribution in [2.75, 3.05) is 20.0 Å². The molecule has 5 heteroatoms. The molecule has 0 aliphatic rings. The number of methoxy groups -OCH3 is 2. The number of hydrogen-bond donors (Lipinski definition) is 1. The Labute approximate surface area is 116 Å². The van der Waals surface area contributed by atoms with Crippen molar-refractivity contribution < 1.29 is 9.47 Å². The maximum absolute atomic E-state index is 9.04. The molecular formula is C14H14N2O2S. The molecule has 98 valence electrons. The summed E-state index contributed by atoms with van der Waals surface area (Å²) in [4.78, 5) is 1.53. The number of nitrogen functional groups attached to an aromatic ring is 1. The Balaban J connectivity index is 2.66. The second-order valence-corrected chi connectivity index (χ2v) is 5.18. The highest BCUT2D eigenvalue weighted by atomic mass is 32.1. The Hall–Kier alpha value is -2.19. The summed E-state index contributed by atoms with van der Waals surface area (Å²) in [5.41, 5.74) is 8.28. The van der Waals surface area contributed by atoms with E-state index in [1.807, 2.05) is 19.1 Å². The van der Waals surface area contributed by atoms with Crippen LogP contribution >= 0.6 is 11.3 Å². The number of ether oxygens (including phenoxy) is 2. The van der Waals surface area contributed by atoms with E-state index in [0.29, 0.717) is 22.1 Å². The number of nitriles is 1. The van der Waals surface area contributed by atoms with Gasteiger partial charge in [-0.15, -0.1) is 11.3 Å². The minimum Gasteiger partial charge on any atom is -0.497 e. The number of aryl methyl sites for hydroxylation is 1. The fourth-order valence-electron chi connectivity index (χ4n) is 1.99. The van der Waals surface area contributed by atoms with Crippen molar-refractivity contribution in [1.29, 1.82) is 5.26 Å². The highest BCUT2D eigenvalue weighted by Crippen LogP contribution is 2.43. The number of nitrogens with zero attached hydrogens (tertiary/aromatic N) is 1. The predicted octanol–water partition coefficient (Wildman–Crippen LogP) is 3.19. The molecule has 1 aromatic heterocycles. The van der Waals surface area contributed by atoms with Gasteiger partial charge in [0.05, 0.1) is 19.9 Å². The van der Waals surface area contributed by atoms with Crippen molar-refractivity contribution in [3.63, 3.8) is 0 Å². The van der Waals surface area contributed by atoms with E-state index in [0.717, 1.165) is 16.0 Å². The first-order valence-electron chi connectivity index (χ1n) is 5.63. The first-order chi connectivity index (χ1) is 9.12. The lowest BCUT2D eigenvalue weighted by Gasteiger charge is -2.11. The van der Waals surface area contributed by atoms with Gasteiger partial charge in [-0.25, -0.2) is 0 Å². The van der Waals surface area contributed by atoms with Crippen LogP contribution in [0.5, 0.6) is 11.5 Å². The van der Waals surface area contributed by atoms with Gasteiger partial charge >= 0.3 is 0 Å². The topological polar surface area (TPSA) is 68.3 Å². The molecule has 19 heavy (non-hydrogen) atoms. The highest BCUT2D eigenvalue weighted by Gasteiger charge is 2.18. The normalized spacial score (nSPS) is 10.0. The van der Waals surface area contributed by atoms with Crippen LogP contribution in [-0.2, 0) is 0 Å². The van der Waals surface area contributed by atoms with Gasteiger partial charge in [0, 0.05) is 22.1 Å². The van der Waals surface area contributed by atoms with Crippen molar-refractivity contribution in [2.24, 2.45) is 0 Å². The van der Waals surface area contributed by atoms with Crippen LogP contribution in [0.4, 0.5) is 5.69 Å². The summed E-state index contributed by atoms with van der Waals surface area (Å²) in [5, 5.41) is 9.04. The minimum absolute atomic E-state index is 0.508. The molecule has 0 bridgehead atoms. The van der Waals surface area contributed by atoms with E-state index in [1.54, 1.807) is 20.3 Å². The van der Waals surface area contributed by atoms with Crippen LogP contribution in [0.15, 0.2) is 18.2 Å². The van der Waals surface area contributed by atoms with Gasteiger partial charge in [-0.3, -0.25) is 0 Å². The van der Waals surface area contributed by atoms with Crippen molar-refractivity contribution in [3.05, 3.63) is 28.0 Å². The number of thiophene rings is 1. The summed E-state index contributed by atoms with van der Waals surface area (Å²) in [6.45, 7) is 1.95. The van der Waals surface area contributed by atoms with Gasteiger partial charge in [-0.05, 0) is 19.1 Å². The average molecular weight is 274 g/mol. The summed E-state index contributed by atoms with van der Waals surface area (Å²) in [6.07, 6.45) is 0. The summed E-state index contributed by atoms with van der Waals surface area (Å²) in [7, 11) is 3.20. The van der Waals surface area contributed by atoms with Crippen LogP contribution < -0.4 is 15.2 Å². The van der Waals surface area contributed by atoms with Crippen molar-refractivity contribution in [2.45, 2.75) is 6.92 Å². The van der Waals surface area contributed by atoms with Crippen LogP contribution in [0.2, 0.25) is 0 Å². The van der Waals surface area contributed by atoms with E-state index in [4.69, 9.17) is 20.5 Å². The molecular weight excluding hydrogens is 260 g/mol. The third-order valence-electron chi connectivity index (χ3n) is 2.90. The molecule has 0 fully saturated rings. The second-order valence-electron chi connectivity index (χ2n) is 3.95. The first kappa shape index (κ1) is 13.2. The molecule has 2 aromatic rings. The van der Waals surface area contributed by atoms with Gasteiger partial charge < -0.3 is 15.2 Å². The SMILES string of the molecule is COc1ccc(-c2c(C)sc(C#N)c2N)c(OC)c1. The average Bonchev–Trinajstić information content (AvgIpc) is 2.72. The third kappa shape index (κ3) is 2.23. The van der Waals surface area contributed by atoms with E-state index in [-0.39, 0.29) is 0 Å². The molecule has 0 radical (unpaired) electrons. The fraction of sp³-hybridized carbons (Fsp3) is 0.214. The standard InChI is InChI=1S/C14H14N2O2S/c1-8-13(14(16)12(7-15)19-8)10-5-4-9(17-2)6-11(10)18-3/h4-6H,16H2,1-3H3. The maximum atomic E-state index is 9.04. The lowest BCUT2D eigenvalue weighted by Crippen LogP contribution is -1.94. The maximum Gasteiger partial charge on any atom is 0.130 e. The lowest BCUT2D eigenvalue weighted by atomic mass is 10.0. The number of rotatable bonds is 3. The second kappa shape index (κ2) is 5.21. The molecule has 0 saturated heterocycles. The van der Waals surface area contributed by atoms with E-state index >= 15 is 0 Å². The number of anilines is 1. The Morgan fingerprint density at radius 3 is 2.53 bits per heavy atom. The smallest absolute Gasteiger partial charge is 0.130 e. The number of hydrogen-bond acceptors (Lipinski definition) is 5. The Kier molecular flexibility index (Phi) is 3.63. The number of nitrogens with two attached hydrogens (primary N) is 1. The van der Waals surface area contributed by atoms with Gasteiger partial charge in [0.15, 0.2) is 0 Å². The largest absolute Gasteiger partial charge is 0.497 e. The Morgan fingerprint density at radius 2 is 2.00 bits per heavy atom. The van der Waals surface area contributed by atoms with Crippen LogP contribution in [-0.4, -0.2) is 14.2 Å². The molecule has 2 N–H and O–H groups in total. The van der Waals surface area contributed by atoms with E-state index < -0.39 is 0 Å². The first-order valence-corrected chi connectivity index (χ1v) is 6.45. The molecule has 0 atom stereocenters. The highest BCUT2D eigenvalue weighted by molar-refractivity contribution is 7.13. The monoisotopic (exact) mass is 274 g/mol. The van der Waals surface area contributed by atoms with Crippen LogP contribution in [0.25, 0.3) is 11.1 Å². The summed E-state index contributed by atoms with van der Waals surface area (Å²) in [5.74, 6) is 1.39. The van der Waals surface area contributed by atoms with E-state index in [1.165, 1.54) is 11.3 Å². The zero-order valence-corrected chi connectivity index (χ0v) is 11.8. The molecule has 0 unspecified atom stereocenters. The molecule has 2 rings (SSSR count). The molecule has 0 aliphatic heterocycles. The molecule has 1 heterocycles. The van der Waals surface area contributed by atoms with Gasteiger partial charge in [-0.1, -0.05) is 0 Å². The predicted molar refractivity (Wildman–Crippen MR) is 76.7 cm³/mol. The quantitative estimate of drug-likeness (QED) is 0.933. The zero-order valence-electron chi connectivity index (χ0n) is 11.0. The zero-order chi connectivity index (χ0) is 14.0. The van der Waals surface area contributed by atoms with E-state index in [9.17, 15) is 0 Å². The van der Waals surface area contributed by atoms with Crippen LogP contribution in [0, 0.1) is 18.3 Å². The molecule has 0 spiro atoms. The summed E-state index contributed by atoms with van der Waals surface area (Å²) >= 11 is 1.39. The Morgan fingerprint density at radius 1 is 1.26 bits per heavy atom. The Bertz CT molecular complexity index is 656. The van der Waals surface area contributed by atoms with E-state index in [2.05, 4.69) is 6.07 Å². The minimum atomic E-state index is 0.508. The third-order valence-corrected chi connectivity index (χ3v) is 3.93. The molecule has 4 nitrogen and oxygen atoms in total. The molecule has 0 aliphatic carbocycles. The van der Waals surface area contributed by atoms with Crippen molar-refractivity contribution in [1.82, 2.24) is 0 Å². The van der Waals surface area contributed by atoms with Crippen LogP contribution in [0.1, 0.15) is 9.75 Å². The van der Waals surface area contributed by atoms with Crippen molar-refractivity contribution >= 4 is 17.0 Å². The molecule has 1 aromatic carbocycles. The summed E-state index contributed by atoms with van der Waals surface area (Å²) in [6, 6.07) is 7.66. The van der Waals surface area contributed by atoms with Crippen molar-refractivity contribution in [3.8, 4) is 28.7 Å². The van der Waals surface area contributed by atoms with Gasteiger partial charge in [0.25, 0.3) is 0 Å². The van der Waals surface area contributed by atoms with Gasteiger partial charge in [0.1, 0.15) is 22.4 Å². The van der Waals surface area contributed by atoms with Gasteiger partial charge in [0.2, 0.25) is 0 Å². The molecule has 0 amide bonds. The fourth-order valence-corrected chi connectivity index (χ4v) is 2.87.